The molecular weight excluding hydrogens is 274 g/mol. The van der Waals surface area contributed by atoms with Gasteiger partial charge in [-0.3, -0.25) is 0 Å². The fraction of sp³-hybridized carbons (Fsp3) is 0.600. The number of hydrogen-bond donors (Lipinski definition) is 0. The largest absolute Gasteiger partial charge is 0.300 e. The SMILES string of the molecule is CCC(C)N1CCCC(c2cccc(Br)c2)C1. The number of halogens is 1. The molecule has 1 aliphatic rings. The fourth-order valence-corrected chi connectivity index (χ4v) is 3.11. The second-order valence-corrected chi connectivity index (χ2v) is 6.06. The summed E-state index contributed by atoms with van der Waals surface area (Å²) in [5.74, 6) is 0.718. The van der Waals surface area contributed by atoms with Crippen LogP contribution in [-0.4, -0.2) is 24.0 Å². The Bertz CT molecular complexity index is 364. The zero-order valence-electron chi connectivity index (χ0n) is 10.8. The molecule has 0 radical (unpaired) electrons. The molecule has 94 valence electrons. The molecule has 0 aromatic heterocycles. The van der Waals surface area contributed by atoms with Gasteiger partial charge in [0.15, 0.2) is 0 Å². The van der Waals surface area contributed by atoms with E-state index in [9.17, 15) is 0 Å². The van der Waals surface area contributed by atoms with Gasteiger partial charge in [0.1, 0.15) is 0 Å². The van der Waals surface area contributed by atoms with Crippen molar-refractivity contribution in [2.75, 3.05) is 13.1 Å². The number of piperidine rings is 1. The molecule has 1 fully saturated rings. The summed E-state index contributed by atoms with van der Waals surface area (Å²) in [7, 11) is 0. The molecule has 1 heterocycles. The summed E-state index contributed by atoms with van der Waals surface area (Å²) < 4.78 is 1.20. The number of benzene rings is 1. The van der Waals surface area contributed by atoms with E-state index in [2.05, 4.69) is 58.9 Å². The smallest absolute Gasteiger partial charge is 0.0178 e. The van der Waals surface area contributed by atoms with Gasteiger partial charge in [-0.1, -0.05) is 35.0 Å². The van der Waals surface area contributed by atoms with Gasteiger partial charge >= 0.3 is 0 Å². The topological polar surface area (TPSA) is 3.24 Å². The lowest BCUT2D eigenvalue weighted by Gasteiger charge is -2.36. The fourth-order valence-electron chi connectivity index (χ4n) is 2.70. The molecule has 1 nitrogen and oxygen atoms in total. The lowest BCUT2D eigenvalue weighted by molar-refractivity contribution is 0.154. The van der Waals surface area contributed by atoms with Crippen LogP contribution in [0.1, 0.15) is 44.6 Å². The van der Waals surface area contributed by atoms with Crippen LogP contribution < -0.4 is 0 Å². The zero-order valence-corrected chi connectivity index (χ0v) is 12.4. The Morgan fingerprint density at radius 2 is 2.29 bits per heavy atom. The monoisotopic (exact) mass is 295 g/mol. The lowest BCUT2D eigenvalue weighted by atomic mass is 9.90. The van der Waals surface area contributed by atoms with Gasteiger partial charge < -0.3 is 4.90 Å². The molecule has 0 saturated carbocycles. The van der Waals surface area contributed by atoms with Gasteiger partial charge in [-0.2, -0.15) is 0 Å². The number of likely N-dealkylation sites (tertiary alicyclic amines) is 1. The molecule has 0 amide bonds. The number of nitrogens with zero attached hydrogens (tertiary/aromatic N) is 1. The Hall–Kier alpha value is -0.340. The maximum atomic E-state index is 3.57. The van der Waals surface area contributed by atoms with E-state index in [4.69, 9.17) is 0 Å². The highest BCUT2D eigenvalue weighted by Gasteiger charge is 2.23. The van der Waals surface area contributed by atoms with E-state index >= 15 is 0 Å². The summed E-state index contributed by atoms with van der Waals surface area (Å²) in [6.45, 7) is 7.14. The van der Waals surface area contributed by atoms with Crippen molar-refractivity contribution < 1.29 is 0 Å². The van der Waals surface area contributed by atoms with Crippen LogP contribution in [0.25, 0.3) is 0 Å². The standard InChI is InChI=1S/C15H22BrN/c1-3-12(2)17-9-5-7-14(11-17)13-6-4-8-15(16)10-13/h4,6,8,10,12,14H,3,5,7,9,11H2,1-2H3. The molecule has 2 unspecified atom stereocenters. The third-order valence-corrected chi connectivity index (χ3v) is 4.48. The van der Waals surface area contributed by atoms with Crippen LogP contribution in [0.15, 0.2) is 28.7 Å². The molecule has 0 spiro atoms. The van der Waals surface area contributed by atoms with E-state index in [1.807, 2.05) is 0 Å². The first-order chi connectivity index (χ1) is 8.20. The summed E-state index contributed by atoms with van der Waals surface area (Å²) in [4.78, 5) is 2.65. The molecule has 2 atom stereocenters. The normalized spacial score (nSPS) is 23.6. The molecule has 0 aliphatic carbocycles. The minimum Gasteiger partial charge on any atom is -0.300 e. The van der Waals surface area contributed by atoms with Crippen molar-refractivity contribution in [3.8, 4) is 0 Å². The summed E-state index contributed by atoms with van der Waals surface area (Å²) in [5, 5.41) is 0. The van der Waals surface area contributed by atoms with Crippen LogP contribution in [0, 0.1) is 0 Å². The highest BCUT2D eigenvalue weighted by Crippen LogP contribution is 2.29. The van der Waals surface area contributed by atoms with Gasteiger partial charge in [-0.25, -0.2) is 0 Å². The molecule has 1 aromatic carbocycles. The summed E-state index contributed by atoms with van der Waals surface area (Å²) in [6, 6.07) is 9.55. The third-order valence-electron chi connectivity index (χ3n) is 3.99. The predicted octanol–water partition coefficient (Wildman–Crippen LogP) is 4.43. The Morgan fingerprint density at radius 1 is 1.47 bits per heavy atom. The molecule has 1 saturated heterocycles. The maximum absolute atomic E-state index is 3.57. The molecule has 2 heteroatoms. The Balaban J connectivity index is 2.07. The van der Waals surface area contributed by atoms with Gasteiger partial charge in [0, 0.05) is 17.1 Å². The van der Waals surface area contributed by atoms with E-state index < -0.39 is 0 Å². The van der Waals surface area contributed by atoms with Gasteiger partial charge in [0.25, 0.3) is 0 Å². The van der Waals surface area contributed by atoms with Crippen LogP contribution in [0.4, 0.5) is 0 Å². The van der Waals surface area contributed by atoms with Crippen molar-refractivity contribution in [1.29, 1.82) is 0 Å². The highest BCUT2D eigenvalue weighted by atomic mass is 79.9. The van der Waals surface area contributed by atoms with Crippen LogP contribution in [-0.2, 0) is 0 Å². The van der Waals surface area contributed by atoms with Gasteiger partial charge in [0.2, 0.25) is 0 Å². The minimum absolute atomic E-state index is 0.718. The van der Waals surface area contributed by atoms with Crippen LogP contribution in [0.3, 0.4) is 0 Å². The molecule has 1 aliphatic heterocycles. The average Bonchev–Trinajstić information content (AvgIpc) is 2.38. The molecule has 1 aromatic rings. The average molecular weight is 296 g/mol. The second kappa shape index (κ2) is 6.01. The van der Waals surface area contributed by atoms with Crippen molar-refractivity contribution in [2.45, 2.75) is 45.1 Å². The van der Waals surface area contributed by atoms with Crippen LogP contribution >= 0.6 is 15.9 Å². The molecule has 2 rings (SSSR count). The van der Waals surface area contributed by atoms with Gasteiger partial charge in [0.05, 0.1) is 0 Å². The number of hydrogen-bond acceptors (Lipinski definition) is 1. The van der Waals surface area contributed by atoms with E-state index in [0.29, 0.717) is 0 Å². The third kappa shape index (κ3) is 3.32. The maximum Gasteiger partial charge on any atom is 0.0178 e. The van der Waals surface area contributed by atoms with Gasteiger partial charge in [-0.15, -0.1) is 0 Å². The lowest BCUT2D eigenvalue weighted by Crippen LogP contribution is -2.40. The van der Waals surface area contributed by atoms with Crippen molar-refractivity contribution >= 4 is 15.9 Å². The predicted molar refractivity (Wildman–Crippen MR) is 77.4 cm³/mol. The summed E-state index contributed by atoms with van der Waals surface area (Å²) in [5.41, 5.74) is 1.49. The quantitative estimate of drug-likeness (QED) is 0.797. The minimum atomic E-state index is 0.718. The molecule has 0 bridgehead atoms. The summed E-state index contributed by atoms with van der Waals surface area (Å²) >= 11 is 3.57. The highest BCUT2D eigenvalue weighted by molar-refractivity contribution is 9.10. The van der Waals surface area contributed by atoms with Crippen molar-refractivity contribution in [3.05, 3.63) is 34.3 Å². The Labute approximate surface area is 113 Å². The molecule has 17 heavy (non-hydrogen) atoms. The van der Waals surface area contributed by atoms with E-state index in [0.717, 1.165) is 12.0 Å². The van der Waals surface area contributed by atoms with Crippen molar-refractivity contribution in [1.82, 2.24) is 4.90 Å². The van der Waals surface area contributed by atoms with Crippen LogP contribution in [0.2, 0.25) is 0 Å². The summed E-state index contributed by atoms with van der Waals surface area (Å²) in [6.07, 6.45) is 3.93. The molecular formula is C15H22BrN. The van der Waals surface area contributed by atoms with Crippen LogP contribution in [0.5, 0.6) is 0 Å². The molecule has 0 N–H and O–H groups in total. The first kappa shape index (κ1) is 13.1. The second-order valence-electron chi connectivity index (χ2n) is 5.15. The van der Waals surface area contributed by atoms with E-state index in [-0.39, 0.29) is 0 Å². The van der Waals surface area contributed by atoms with E-state index in [1.165, 1.54) is 42.4 Å². The number of rotatable bonds is 3. The Kier molecular flexibility index (Phi) is 4.63. The first-order valence-corrected chi connectivity index (χ1v) is 7.49. The van der Waals surface area contributed by atoms with Crippen molar-refractivity contribution in [2.24, 2.45) is 0 Å². The van der Waals surface area contributed by atoms with Crippen molar-refractivity contribution in [3.63, 3.8) is 0 Å². The van der Waals surface area contributed by atoms with E-state index in [1.54, 1.807) is 0 Å². The zero-order chi connectivity index (χ0) is 12.3. The Morgan fingerprint density at radius 3 is 3.00 bits per heavy atom. The van der Waals surface area contributed by atoms with Gasteiger partial charge in [-0.05, 0) is 56.3 Å². The first-order valence-electron chi connectivity index (χ1n) is 6.70.